The van der Waals surface area contributed by atoms with Gasteiger partial charge in [0.1, 0.15) is 5.76 Å². The number of nitrogens with zero attached hydrogens (tertiary/aromatic N) is 1. The number of anilines is 2. The van der Waals surface area contributed by atoms with E-state index in [9.17, 15) is 9.59 Å². The average molecular weight is 407 g/mol. The van der Waals surface area contributed by atoms with Crippen molar-refractivity contribution in [1.82, 2.24) is 5.16 Å². The summed E-state index contributed by atoms with van der Waals surface area (Å²) in [7, 11) is 0. The molecule has 3 aromatic rings. The van der Waals surface area contributed by atoms with Crippen molar-refractivity contribution in [3.8, 4) is 11.5 Å². The van der Waals surface area contributed by atoms with E-state index in [-0.39, 0.29) is 25.0 Å². The monoisotopic (exact) mass is 407 g/mol. The smallest absolute Gasteiger partial charge is 0.257 e. The first-order valence-electron chi connectivity index (χ1n) is 9.53. The fourth-order valence-corrected chi connectivity index (χ4v) is 3.27. The summed E-state index contributed by atoms with van der Waals surface area (Å²) in [6, 6.07) is 12.0. The maximum absolute atomic E-state index is 12.8. The number of nitrogens with one attached hydrogen (secondary N) is 2. The highest BCUT2D eigenvalue weighted by molar-refractivity contribution is 6.10. The Morgan fingerprint density at radius 3 is 2.63 bits per heavy atom. The number of hydrogen-bond acceptors (Lipinski definition) is 6. The van der Waals surface area contributed by atoms with Crippen molar-refractivity contribution in [2.75, 3.05) is 17.4 Å². The Hall–Kier alpha value is -3.81. The van der Waals surface area contributed by atoms with Crippen molar-refractivity contribution in [3.05, 3.63) is 65.0 Å². The lowest BCUT2D eigenvalue weighted by atomic mass is 10.1. The summed E-state index contributed by atoms with van der Waals surface area (Å²) >= 11 is 0. The van der Waals surface area contributed by atoms with Gasteiger partial charge in [-0.15, -0.1) is 0 Å². The molecule has 2 amide bonds. The fourth-order valence-electron chi connectivity index (χ4n) is 3.27. The fraction of sp³-hybridized carbons (Fsp3) is 0.227. The van der Waals surface area contributed by atoms with Crippen LogP contribution in [0, 0.1) is 13.8 Å². The lowest BCUT2D eigenvalue weighted by molar-refractivity contribution is -0.116. The second kappa shape index (κ2) is 8.28. The maximum Gasteiger partial charge on any atom is 0.257 e. The Kier molecular flexibility index (Phi) is 5.38. The first-order valence-corrected chi connectivity index (χ1v) is 9.53. The molecule has 1 aromatic heterocycles. The molecule has 0 bridgehead atoms. The molecule has 0 saturated heterocycles. The molecule has 2 heterocycles. The number of aromatic nitrogens is 1. The molecule has 2 aromatic carbocycles. The minimum atomic E-state index is -0.338. The van der Waals surface area contributed by atoms with Crippen LogP contribution in [-0.4, -0.2) is 23.8 Å². The Morgan fingerprint density at radius 1 is 1.03 bits per heavy atom. The van der Waals surface area contributed by atoms with Crippen LogP contribution in [0.25, 0.3) is 0 Å². The largest absolute Gasteiger partial charge is 0.454 e. The maximum atomic E-state index is 12.8. The zero-order valence-electron chi connectivity index (χ0n) is 16.7. The second-order valence-corrected chi connectivity index (χ2v) is 6.92. The molecule has 0 atom stereocenters. The van der Waals surface area contributed by atoms with Crippen molar-refractivity contribution in [2.45, 2.75) is 26.7 Å². The number of benzene rings is 2. The molecular formula is C22H21N3O5. The van der Waals surface area contributed by atoms with Gasteiger partial charge in [-0.25, -0.2) is 0 Å². The Bertz CT molecular complexity index is 1090. The van der Waals surface area contributed by atoms with Gasteiger partial charge in [-0.3, -0.25) is 9.59 Å². The predicted molar refractivity (Wildman–Crippen MR) is 110 cm³/mol. The van der Waals surface area contributed by atoms with Crippen LogP contribution >= 0.6 is 0 Å². The number of fused-ring (bicyclic) bond motifs is 1. The zero-order valence-corrected chi connectivity index (χ0v) is 16.7. The van der Waals surface area contributed by atoms with Gasteiger partial charge >= 0.3 is 0 Å². The molecule has 0 radical (unpaired) electrons. The normalized spacial score (nSPS) is 11.9. The Labute approximate surface area is 173 Å². The van der Waals surface area contributed by atoms with E-state index in [1.807, 2.05) is 13.8 Å². The van der Waals surface area contributed by atoms with E-state index in [1.165, 1.54) is 0 Å². The van der Waals surface area contributed by atoms with Gasteiger partial charge in [0, 0.05) is 23.7 Å². The lowest BCUT2D eigenvalue weighted by Crippen LogP contribution is -2.18. The summed E-state index contributed by atoms with van der Waals surface area (Å²) in [5.41, 5.74) is 3.09. The zero-order chi connectivity index (χ0) is 21.1. The number of aryl methyl sites for hydroxylation is 2. The van der Waals surface area contributed by atoms with Gasteiger partial charge in [0.05, 0.1) is 16.9 Å². The Morgan fingerprint density at radius 2 is 1.83 bits per heavy atom. The molecule has 1 aliphatic rings. The molecule has 1 aliphatic heterocycles. The second-order valence-electron chi connectivity index (χ2n) is 6.92. The van der Waals surface area contributed by atoms with E-state index < -0.39 is 0 Å². The van der Waals surface area contributed by atoms with E-state index in [1.54, 1.807) is 42.5 Å². The molecular weight excluding hydrogens is 386 g/mol. The van der Waals surface area contributed by atoms with Crippen LogP contribution in [0.1, 0.15) is 33.8 Å². The Balaban J connectivity index is 1.43. The van der Waals surface area contributed by atoms with Gasteiger partial charge in [0.2, 0.25) is 12.7 Å². The molecule has 0 fully saturated rings. The van der Waals surface area contributed by atoms with Gasteiger partial charge in [-0.2, -0.15) is 0 Å². The summed E-state index contributed by atoms with van der Waals surface area (Å²) in [5.74, 6) is 1.39. The van der Waals surface area contributed by atoms with Gasteiger partial charge < -0.3 is 24.6 Å². The van der Waals surface area contributed by atoms with Crippen LogP contribution < -0.4 is 20.1 Å². The van der Waals surface area contributed by atoms with E-state index in [0.29, 0.717) is 40.6 Å². The number of carbonyl (C=O) groups excluding carboxylic acids is 2. The molecule has 4 rings (SSSR count). The van der Waals surface area contributed by atoms with Crippen LogP contribution in [0.4, 0.5) is 11.4 Å². The van der Waals surface area contributed by atoms with Gasteiger partial charge in [-0.05, 0) is 44.5 Å². The highest BCUT2D eigenvalue weighted by Gasteiger charge is 2.17. The quantitative estimate of drug-likeness (QED) is 0.644. The molecule has 8 heteroatoms. The third kappa shape index (κ3) is 4.12. The molecule has 2 N–H and O–H groups in total. The summed E-state index contributed by atoms with van der Waals surface area (Å²) < 4.78 is 15.7. The van der Waals surface area contributed by atoms with Gasteiger partial charge in [0.15, 0.2) is 11.5 Å². The number of ether oxygens (including phenoxy) is 2. The summed E-state index contributed by atoms with van der Waals surface area (Å²) in [5, 5.41) is 9.55. The van der Waals surface area contributed by atoms with Gasteiger partial charge in [0.25, 0.3) is 5.91 Å². The highest BCUT2D eigenvalue weighted by Crippen LogP contribution is 2.34. The third-order valence-corrected chi connectivity index (χ3v) is 4.86. The average Bonchev–Trinajstić information content (AvgIpc) is 3.32. The molecule has 154 valence electrons. The molecule has 8 nitrogen and oxygen atoms in total. The van der Waals surface area contributed by atoms with E-state index in [0.717, 1.165) is 11.3 Å². The lowest BCUT2D eigenvalue weighted by Gasteiger charge is -2.12. The summed E-state index contributed by atoms with van der Waals surface area (Å²) in [6.45, 7) is 3.83. The van der Waals surface area contributed by atoms with E-state index in [4.69, 9.17) is 14.0 Å². The van der Waals surface area contributed by atoms with Crippen molar-refractivity contribution in [1.29, 1.82) is 0 Å². The van der Waals surface area contributed by atoms with E-state index >= 15 is 0 Å². The molecule has 30 heavy (non-hydrogen) atoms. The van der Waals surface area contributed by atoms with Crippen LogP contribution in [0.3, 0.4) is 0 Å². The van der Waals surface area contributed by atoms with E-state index in [2.05, 4.69) is 15.8 Å². The third-order valence-electron chi connectivity index (χ3n) is 4.86. The van der Waals surface area contributed by atoms with Crippen LogP contribution in [0.2, 0.25) is 0 Å². The van der Waals surface area contributed by atoms with Gasteiger partial charge in [-0.1, -0.05) is 17.3 Å². The summed E-state index contributed by atoms with van der Waals surface area (Å²) in [4.78, 5) is 25.3. The van der Waals surface area contributed by atoms with Crippen LogP contribution in [0.5, 0.6) is 11.5 Å². The first kappa shape index (κ1) is 19.5. The van der Waals surface area contributed by atoms with Crippen LogP contribution in [0.15, 0.2) is 47.0 Å². The topological polar surface area (TPSA) is 103 Å². The number of hydrogen-bond donors (Lipinski definition) is 2. The van der Waals surface area contributed by atoms with Crippen LogP contribution in [-0.2, 0) is 11.2 Å². The molecule has 0 unspecified atom stereocenters. The standard InChI is InChI=1S/C22H21N3O5/c1-13-16(14(2)30-25-13)8-10-21(26)24-18-6-4-3-5-17(18)22(27)23-15-7-9-19-20(11-15)29-12-28-19/h3-7,9,11H,8,10,12H2,1-2H3,(H,23,27)(H,24,26). The van der Waals surface area contributed by atoms with Crippen molar-refractivity contribution >= 4 is 23.2 Å². The number of amides is 2. The van der Waals surface area contributed by atoms with Crippen molar-refractivity contribution in [2.24, 2.45) is 0 Å². The van der Waals surface area contributed by atoms with Crippen molar-refractivity contribution < 1.29 is 23.6 Å². The molecule has 0 spiro atoms. The SMILES string of the molecule is Cc1noc(C)c1CCC(=O)Nc1ccccc1C(=O)Nc1ccc2c(c1)OCO2. The minimum Gasteiger partial charge on any atom is -0.454 e. The molecule has 0 aliphatic carbocycles. The minimum absolute atomic E-state index is 0.162. The molecule has 0 saturated carbocycles. The number of rotatable bonds is 6. The first-order chi connectivity index (χ1) is 14.5. The number of carbonyl (C=O) groups is 2. The highest BCUT2D eigenvalue weighted by atomic mass is 16.7. The number of para-hydroxylation sites is 1. The summed E-state index contributed by atoms with van der Waals surface area (Å²) in [6.07, 6.45) is 0.763. The predicted octanol–water partition coefficient (Wildman–Crippen LogP) is 3.84. The van der Waals surface area contributed by atoms with Crippen molar-refractivity contribution in [3.63, 3.8) is 0 Å².